The van der Waals surface area contributed by atoms with Gasteiger partial charge >= 0.3 is 5.97 Å². The van der Waals surface area contributed by atoms with E-state index < -0.39 is 12.0 Å². The minimum Gasteiger partial charge on any atom is -0.480 e. The summed E-state index contributed by atoms with van der Waals surface area (Å²) in [5.74, 6) is -0.911. The van der Waals surface area contributed by atoms with Crippen molar-refractivity contribution in [1.29, 1.82) is 0 Å². The molecule has 0 aromatic rings. The number of nitrogens with two attached hydrogens (primary N) is 1. The van der Waals surface area contributed by atoms with Crippen molar-refractivity contribution in [3.05, 3.63) is 0 Å². The molecule has 18 heavy (non-hydrogen) atoms. The normalized spacial score (nSPS) is 13.0. The molecule has 0 radical (unpaired) electrons. The van der Waals surface area contributed by atoms with Crippen LogP contribution in [0, 0.1) is 0 Å². The van der Waals surface area contributed by atoms with Crippen LogP contribution in [0.15, 0.2) is 4.99 Å². The summed E-state index contributed by atoms with van der Waals surface area (Å²) in [5.41, 5.74) is 5.40. The van der Waals surface area contributed by atoms with Crippen LogP contribution in [0.25, 0.3) is 0 Å². The van der Waals surface area contributed by atoms with E-state index in [0.717, 1.165) is 25.8 Å². The van der Waals surface area contributed by atoms with Gasteiger partial charge in [-0.1, -0.05) is 32.6 Å². The zero-order chi connectivity index (χ0) is 13.6. The van der Waals surface area contributed by atoms with Gasteiger partial charge in [-0.3, -0.25) is 9.79 Å². The SMILES string of the molecule is CCCCCCCC=NCCCCC(N)C(=O)O. The third kappa shape index (κ3) is 11.6. The number of carboxylic acids is 1. The molecule has 0 aliphatic rings. The number of carboxylic acid groups (broad SMARTS) is 1. The van der Waals surface area contributed by atoms with Crippen molar-refractivity contribution in [2.24, 2.45) is 10.7 Å². The molecule has 0 aliphatic heterocycles. The lowest BCUT2D eigenvalue weighted by Gasteiger charge is -2.04. The van der Waals surface area contributed by atoms with E-state index in [4.69, 9.17) is 10.8 Å². The second-order valence-corrected chi connectivity index (χ2v) is 4.73. The van der Waals surface area contributed by atoms with E-state index >= 15 is 0 Å². The van der Waals surface area contributed by atoms with Gasteiger partial charge in [0.1, 0.15) is 6.04 Å². The minimum absolute atomic E-state index is 0.544. The molecule has 0 amide bonds. The fourth-order valence-electron chi connectivity index (χ4n) is 1.71. The van der Waals surface area contributed by atoms with Gasteiger partial charge in [-0.2, -0.15) is 0 Å². The summed E-state index contributed by atoms with van der Waals surface area (Å²) in [6.45, 7) is 3.01. The molecular weight excluding hydrogens is 228 g/mol. The Morgan fingerprint density at radius 2 is 1.94 bits per heavy atom. The van der Waals surface area contributed by atoms with Crippen molar-refractivity contribution in [2.75, 3.05) is 6.54 Å². The summed E-state index contributed by atoms with van der Waals surface area (Å²) in [6.07, 6.45) is 11.9. The number of unbranched alkanes of at least 4 members (excludes halogenated alkanes) is 6. The minimum atomic E-state index is -0.911. The maximum Gasteiger partial charge on any atom is 0.320 e. The third-order valence-corrected chi connectivity index (χ3v) is 2.94. The molecule has 0 rings (SSSR count). The number of rotatable bonds is 12. The molecule has 0 saturated heterocycles. The van der Waals surface area contributed by atoms with Crippen LogP contribution >= 0.6 is 0 Å². The van der Waals surface area contributed by atoms with Crippen LogP contribution in [-0.4, -0.2) is 29.9 Å². The van der Waals surface area contributed by atoms with Gasteiger partial charge in [0.2, 0.25) is 0 Å². The van der Waals surface area contributed by atoms with Gasteiger partial charge in [-0.15, -0.1) is 0 Å². The first-order valence-corrected chi connectivity index (χ1v) is 7.15. The van der Waals surface area contributed by atoms with Crippen molar-refractivity contribution < 1.29 is 9.90 Å². The summed E-state index contributed by atoms with van der Waals surface area (Å²) in [4.78, 5) is 14.8. The zero-order valence-electron chi connectivity index (χ0n) is 11.6. The molecule has 0 heterocycles. The monoisotopic (exact) mass is 256 g/mol. The molecular formula is C14H28N2O2. The van der Waals surface area contributed by atoms with Crippen molar-refractivity contribution in [3.63, 3.8) is 0 Å². The highest BCUT2D eigenvalue weighted by Gasteiger charge is 2.09. The molecule has 106 valence electrons. The van der Waals surface area contributed by atoms with E-state index in [-0.39, 0.29) is 0 Å². The maximum absolute atomic E-state index is 10.5. The van der Waals surface area contributed by atoms with E-state index in [1.807, 2.05) is 6.21 Å². The highest BCUT2D eigenvalue weighted by atomic mass is 16.4. The van der Waals surface area contributed by atoms with Crippen LogP contribution < -0.4 is 5.73 Å². The topological polar surface area (TPSA) is 75.7 Å². The zero-order valence-corrected chi connectivity index (χ0v) is 11.6. The first-order valence-electron chi connectivity index (χ1n) is 7.15. The van der Waals surface area contributed by atoms with Crippen LogP contribution in [0.3, 0.4) is 0 Å². The number of aliphatic imine (C=N–C) groups is 1. The van der Waals surface area contributed by atoms with Crippen LogP contribution in [-0.2, 0) is 4.79 Å². The number of carbonyl (C=O) groups is 1. The van der Waals surface area contributed by atoms with Gasteiger partial charge in [0, 0.05) is 6.54 Å². The van der Waals surface area contributed by atoms with Crippen LogP contribution in [0.5, 0.6) is 0 Å². The standard InChI is InChI=1S/C14H28N2O2/c1-2-3-4-5-6-8-11-16-12-9-7-10-13(15)14(17)18/h11,13H,2-10,12,15H2,1H3,(H,17,18). The lowest BCUT2D eigenvalue weighted by molar-refractivity contribution is -0.138. The Labute approximate surface area is 111 Å². The first-order chi connectivity index (χ1) is 8.68. The molecule has 1 unspecified atom stereocenters. The fraction of sp³-hybridized carbons (Fsp3) is 0.857. The third-order valence-electron chi connectivity index (χ3n) is 2.94. The van der Waals surface area contributed by atoms with Crippen molar-refractivity contribution in [3.8, 4) is 0 Å². The average molecular weight is 256 g/mol. The Morgan fingerprint density at radius 3 is 2.61 bits per heavy atom. The lowest BCUT2D eigenvalue weighted by atomic mass is 10.1. The highest BCUT2D eigenvalue weighted by Crippen LogP contribution is 2.04. The van der Waals surface area contributed by atoms with E-state index in [9.17, 15) is 4.79 Å². The number of nitrogens with zero attached hydrogens (tertiary/aromatic N) is 1. The molecule has 0 aromatic carbocycles. The van der Waals surface area contributed by atoms with Gasteiger partial charge in [-0.05, 0) is 38.3 Å². The van der Waals surface area contributed by atoms with Crippen LogP contribution in [0.1, 0.15) is 64.7 Å². The van der Waals surface area contributed by atoms with E-state index in [2.05, 4.69) is 11.9 Å². The molecule has 0 aliphatic carbocycles. The Morgan fingerprint density at radius 1 is 1.22 bits per heavy atom. The molecule has 4 heteroatoms. The second kappa shape index (κ2) is 12.6. The summed E-state index contributed by atoms with van der Waals surface area (Å²) < 4.78 is 0. The average Bonchev–Trinajstić information content (AvgIpc) is 2.35. The maximum atomic E-state index is 10.5. The smallest absolute Gasteiger partial charge is 0.320 e. The van der Waals surface area contributed by atoms with Crippen molar-refractivity contribution in [1.82, 2.24) is 0 Å². The first kappa shape index (κ1) is 17.1. The largest absolute Gasteiger partial charge is 0.480 e. The van der Waals surface area contributed by atoms with Crippen molar-refractivity contribution >= 4 is 12.2 Å². The molecule has 4 nitrogen and oxygen atoms in total. The summed E-state index contributed by atoms with van der Waals surface area (Å²) in [5, 5.41) is 8.59. The van der Waals surface area contributed by atoms with Gasteiger partial charge < -0.3 is 10.8 Å². The fourth-order valence-corrected chi connectivity index (χ4v) is 1.71. The lowest BCUT2D eigenvalue weighted by Crippen LogP contribution is -2.29. The Kier molecular flexibility index (Phi) is 11.9. The molecule has 0 saturated carbocycles. The van der Waals surface area contributed by atoms with Gasteiger partial charge in [0.05, 0.1) is 0 Å². The van der Waals surface area contributed by atoms with Crippen molar-refractivity contribution in [2.45, 2.75) is 70.8 Å². The quantitative estimate of drug-likeness (QED) is 0.416. The Bertz CT molecular complexity index is 230. The number of aliphatic carboxylic acids is 1. The summed E-state index contributed by atoms with van der Waals surface area (Å²) in [6, 6.07) is -0.715. The van der Waals surface area contributed by atoms with Gasteiger partial charge in [0.15, 0.2) is 0 Å². The molecule has 0 bridgehead atoms. The predicted octanol–water partition coefficient (Wildman–Crippen LogP) is 3.00. The molecule has 1 atom stereocenters. The summed E-state index contributed by atoms with van der Waals surface area (Å²) in [7, 11) is 0. The molecule has 0 fully saturated rings. The van der Waals surface area contributed by atoms with E-state index in [0.29, 0.717) is 6.42 Å². The van der Waals surface area contributed by atoms with Crippen LogP contribution in [0.2, 0.25) is 0 Å². The number of hydrogen-bond donors (Lipinski definition) is 2. The Hall–Kier alpha value is -0.900. The Balaban J connectivity index is 3.21. The van der Waals surface area contributed by atoms with E-state index in [1.54, 1.807) is 0 Å². The van der Waals surface area contributed by atoms with E-state index in [1.165, 1.54) is 32.1 Å². The number of hydrogen-bond acceptors (Lipinski definition) is 3. The highest BCUT2D eigenvalue weighted by molar-refractivity contribution is 5.72. The van der Waals surface area contributed by atoms with Gasteiger partial charge in [-0.25, -0.2) is 0 Å². The molecule has 3 N–H and O–H groups in total. The molecule has 0 aromatic heterocycles. The molecule has 0 spiro atoms. The summed E-state index contributed by atoms with van der Waals surface area (Å²) >= 11 is 0. The predicted molar refractivity (Wildman–Crippen MR) is 76.2 cm³/mol. The van der Waals surface area contributed by atoms with Gasteiger partial charge in [0.25, 0.3) is 0 Å². The van der Waals surface area contributed by atoms with Crippen LogP contribution in [0.4, 0.5) is 0 Å². The second-order valence-electron chi connectivity index (χ2n) is 4.73.